The maximum atomic E-state index is 12.4. The minimum atomic E-state index is -4.79. The van der Waals surface area contributed by atoms with Crippen LogP contribution in [0.3, 0.4) is 0 Å². The molecule has 164 valence electrons. The maximum Gasteiger partial charge on any atom is 0.573 e. The molecule has 7 nitrogen and oxygen atoms in total. The summed E-state index contributed by atoms with van der Waals surface area (Å²) >= 11 is 1.43. The average Bonchev–Trinajstić information content (AvgIpc) is 3.41. The number of thiazole rings is 1. The lowest BCUT2D eigenvalue weighted by atomic mass is 10.2. The van der Waals surface area contributed by atoms with E-state index in [0.29, 0.717) is 5.56 Å². The van der Waals surface area contributed by atoms with Crippen molar-refractivity contribution in [3.05, 3.63) is 72.6 Å². The van der Waals surface area contributed by atoms with Crippen LogP contribution in [0.1, 0.15) is 10.4 Å². The van der Waals surface area contributed by atoms with Crippen LogP contribution in [0, 0.1) is 0 Å². The minimum absolute atomic E-state index is 0.266. The van der Waals surface area contributed by atoms with Crippen molar-refractivity contribution >= 4 is 39.1 Å². The standard InChI is InChI=1S/C21H15F3N4O3S/c22-21(23,24)31-15-6-4-14(5-7-15)26-18(29)12-25-19(30)13-3-8-16-17(11-13)32-20(27-16)28-9-1-2-10-28/h1-11H,12H2,(H,25,30)(H,26,29). The van der Waals surface area contributed by atoms with Crippen LogP contribution in [0.15, 0.2) is 67.0 Å². The Labute approximate surface area is 183 Å². The molecule has 0 aliphatic carbocycles. The van der Waals surface area contributed by atoms with Gasteiger partial charge in [0, 0.05) is 23.6 Å². The number of hydrogen-bond donors (Lipinski definition) is 2. The predicted octanol–water partition coefficient (Wildman–Crippen LogP) is 4.35. The Morgan fingerprint density at radius 1 is 1.06 bits per heavy atom. The molecule has 2 aromatic carbocycles. The molecule has 0 fully saturated rings. The number of nitrogens with zero attached hydrogens (tertiary/aromatic N) is 2. The van der Waals surface area contributed by atoms with Gasteiger partial charge in [0.1, 0.15) is 5.75 Å². The molecule has 2 aromatic heterocycles. The van der Waals surface area contributed by atoms with E-state index in [1.807, 2.05) is 29.1 Å². The van der Waals surface area contributed by atoms with Crippen LogP contribution in [0.25, 0.3) is 15.3 Å². The molecule has 0 spiro atoms. The Morgan fingerprint density at radius 2 is 1.78 bits per heavy atom. The van der Waals surface area contributed by atoms with Crippen LogP contribution in [-0.2, 0) is 4.79 Å². The topological polar surface area (TPSA) is 85.2 Å². The second kappa shape index (κ2) is 8.71. The molecule has 4 aromatic rings. The molecule has 0 unspecified atom stereocenters. The SMILES string of the molecule is O=C(CNC(=O)c1ccc2nc(-n3cccc3)sc2c1)Nc1ccc(OC(F)(F)F)cc1. The smallest absolute Gasteiger partial charge is 0.406 e. The zero-order chi connectivity index (χ0) is 22.7. The highest BCUT2D eigenvalue weighted by molar-refractivity contribution is 7.20. The van der Waals surface area contributed by atoms with Crippen LogP contribution < -0.4 is 15.4 Å². The molecule has 2 amide bonds. The van der Waals surface area contributed by atoms with Gasteiger partial charge in [0.15, 0.2) is 5.13 Å². The number of rotatable bonds is 6. The number of halogens is 3. The molecular formula is C21H15F3N4O3S. The Bertz CT molecular complexity index is 1250. The van der Waals surface area contributed by atoms with E-state index >= 15 is 0 Å². The molecule has 2 heterocycles. The van der Waals surface area contributed by atoms with Gasteiger partial charge in [0.05, 0.1) is 16.8 Å². The molecule has 0 aliphatic rings. The van der Waals surface area contributed by atoms with E-state index in [2.05, 4.69) is 20.4 Å². The second-order valence-corrected chi connectivity index (χ2v) is 7.58. The molecule has 0 radical (unpaired) electrons. The Hall–Kier alpha value is -3.86. The van der Waals surface area contributed by atoms with Gasteiger partial charge in [-0.1, -0.05) is 11.3 Å². The van der Waals surface area contributed by atoms with Crippen molar-refractivity contribution in [1.82, 2.24) is 14.9 Å². The van der Waals surface area contributed by atoms with Gasteiger partial charge >= 0.3 is 6.36 Å². The van der Waals surface area contributed by atoms with E-state index in [4.69, 9.17) is 0 Å². The number of amides is 2. The first-order valence-corrected chi connectivity index (χ1v) is 10.1. The molecule has 0 bridgehead atoms. The first kappa shape index (κ1) is 21.4. The van der Waals surface area contributed by atoms with Crippen molar-refractivity contribution in [1.29, 1.82) is 0 Å². The van der Waals surface area contributed by atoms with Crippen LogP contribution >= 0.6 is 11.3 Å². The molecule has 2 N–H and O–H groups in total. The summed E-state index contributed by atoms with van der Waals surface area (Å²) in [5.41, 5.74) is 1.40. The van der Waals surface area contributed by atoms with Crippen molar-refractivity contribution in [3.63, 3.8) is 0 Å². The van der Waals surface area contributed by atoms with Crippen molar-refractivity contribution in [2.24, 2.45) is 0 Å². The van der Waals surface area contributed by atoms with Crippen LogP contribution in [-0.4, -0.2) is 34.3 Å². The minimum Gasteiger partial charge on any atom is -0.406 e. The lowest BCUT2D eigenvalue weighted by Gasteiger charge is -2.10. The number of carbonyl (C=O) groups is 2. The summed E-state index contributed by atoms with van der Waals surface area (Å²) in [5.74, 6) is -1.37. The van der Waals surface area contributed by atoms with E-state index in [1.165, 1.54) is 23.5 Å². The third-order valence-corrected chi connectivity index (χ3v) is 5.28. The predicted molar refractivity (Wildman–Crippen MR) is 113 cm³/mol. The quantitative estimate of drug-likeness (QED) is 0.448. The highest BCUT2D eigenvalue weighted by atomic mass is 32.1. The van der Waals surface area contributed by atoms with Gasteiger partial charge in [-0.3, -0.25) is 9.59 Å². The second-order valence-electron chi connectivity index (χ2n) is 6.57. The fraction of sp³-hybridized carbons (Fsp3) is 0.0952. The van der Waals surface area contributed by atoms with Gasteiger partial charge in [-0.15, -0.1) is 13.2 Å². The number of fused-ring (bicyclic) bond motifs is 1. The number of ether oxygens (including phenoxy) is 1. The summed E-state index contributed by atoms with van der Waals surface area (Å²) in [6, 6.07) is 13.5. The van der Waals surface area contributed by atoms with Crippen molar-refractivity contribution in [2.45, 2.75) is 6.36 Å². The summed E-state index contributed by atoms with van der Waals surface area (Å²) in [5, 5.41) is 5.77. The Morgan fingerprint density at radius 3 is 2.47 bits per heavy atom. The van der Waals surface area contributed by atoms with Gasteiger partial charge in [-0.05, 0) is 54.6 Å². The Kier molecular flexibility index (Phi) is 5.82. The number of anilines is 1. The average molecular weight is 460 g/mol. The lowest BCUT2D eigenvalue weighted by molar-refractivity contribution is -0.274. The summed E-state index contributed by atoms with van der Waals surface area (Å²) in [7, 11) is 0. The molecule has 32 heavy (non-hydrogen) atoms. The van der Waals surface area contributed by atoms with Crippen LogP contribution in [0.5, 0.6) is 5.75 Å². The zero-order valence-corrected chi connectivity index (χ0v) is 17.0. The van der Waals surface area contributed by atoms with Crippen molar-refractivity contribution in [2.75, 3.05) is 11.9 Å². The number of benzene rings is 2. The summed E-state index contributed by atoms with van der Waals surface area (Å²) < 4.78 is 43.0. The van der Waals surface area contributed by atoms with E-state index in [-0.39, 0.29) is 12.2 Å². The molecule has 0 aliphatic heterocycles. The van der Waals surface area contributed by atoms with E-state index in [0.717, 1.165) is 27.5 Å². The first-order chi connectivity index (χ1) is 15.3. The first-order valence-electron chi connectivity index (χ1n) is 9.25. The molecular weight excluding hydrogens is 445 g/mol. The number of carbonyl (C=O) groups excluding carboxylic acids is 2. The van der Waals surface area contributed by atoms with Gasteiger partial charge in [-0.2, -0.15) is 0 Å². The molecule has 0 saturated carbocycles. The van der Waals surface area contributed by atoms with Gasteiger partial charge < -0.3 is 19.9 Å². The van der Waals surface area contributed by atoms with E-state index in [9.17, 15) is 22.8 Å². The number of alkyl halides is 3. The van der Waals surface area contributed by atoms with Crippen LogP contribution in [0.2, 0.25) is 0 Å². The van der Waals surface area contributed by atoms with E-state index in [1.54, 1.807) is 18.2 Å². The summed E-state index contributed by atoms with van der Waals surface area (Å²) in [6.07, 6.45) is -1.04. The van der Waals surface area contributed by atoms with Crippen molar-refractivity contribution in [3.8, 4) is 10.9 Å². The molecule has 4 rings (SSSR count). The molecule has 0 atom stereocenters. The lowest BCUT2D eigenvalue weighted by Crippen LogP contribution is -2.32. The third kappa shape index (κ3) is 5.24. The van der Waals surface area contributed by atoms with Gasteiger partial charge in [0.25, 0.3) is 5.91 Å². The summed E-state index contributed by atoms with van der Waals surface area (Å²) in [4.78, 5) is 29.0. The van der Waals surface area contributed by atoms with Gasteiger partial charge in [0.2, 0.25) is 5.91 Å². The van der Waals surface area contributed by atoms with E-state index < -0.39 is 23.9 Å². The fourth-order valence-corrected chi connectivity index (χ4v) is 3.81. The number of nitrogens with one attached hydrogen (secondary N) is 2. The summed E-state index contributed by atoms with van der Waals surface area (Å²) in [6.45, 7) is -0.311. The highest BCUT2D eigenvalue weighted by Gasteiger charge is 2.30. The third-order valence-electron chi connectivity index (χ3n) is 4.25. The number of hydrogen-bond acceptors (Lipinski definition) is 5. The van der Waals surface area contributed by atoms with Gasteiger partial charge in [-0.25, -0.2) is 4.98 Å². The fourth-order valence-electron chi connectivity index (χ4n) is 2.83. The zero-order valence-electron chi connectivity index (χ0n) is 16.2. The van der Waals surface area contributed by atoms with Crippen molar-refractivity contribution < 1.29 is 27.5 Å². The van der Waals surface area contributed by atoms with Crippen LogP contribution in [0.4, 0.5) is 18.9 Å². The normalized spacial score (nSPS) is 11.3. The highest BCUT2D eigenvalue weighted by Crippen LogP contribution is 2.26. The monoisotopic (exact) mass is 460 g/mol. The molecule has 0 saturated heterocycles. The largest absolute Gasteiger partial charge is 0.573 e. The molecule has 11 heteroatoms. The maximum absolute atomic E-state index is 12.4. The number of aromatic nitrogens is 2. The Balaban J connectivity index is 1.34.